The van der Waals surface area contributed by atoms with Crippen LogP contribution in [0.15, 0.2) is 60.4 Å². The summed E-state index contributed by atoms with van der Waals surface area (Å²) < 4.78 is 5.56. The van der Waals surface area contributed by atoms with Gasteiger partial charge in [0, 0.05) is 31.1 Å². The molecule has 0 bridgehead atoms. The van der Waals surface area contributed by atoms with Crippen LogP contribution in [0, 0.1) is 0 Å². The highest BCUT2D eigenvalue weighted by Gasteiger charge is 2.45. The molecule has 0 saturated carbocycles. The van der Waals surface area contributed by atoms with Crippen molar-refractivity contribution in [3.63, 3.8) is 0 Å². The maximum atomic E-state index is 12.8. The highest BCUT2D eigenvalue weighted by Crippen LogP contribution is 2.39. The first kappa shape index (κ1) is 19.8. The molecule has 1 atom stereocenters. The SMILES string of the molecule is CC(C)OCCCN1C(=O)C(=O)/C(=C(\O)c2ccncc2)C1c1ccccc1. The largest absolute Gasteiger partial charge is 0.507 e. The molecule has 28 heavy (non-hydrogen) atoms. The van der Waals surface area contributed by atoms with Gasteiger partial charge >= 0.3 is 0 Å². The molecule has 1 unspecified atom stereocenters. The summed E-state index contributed by atoms with van der Waals surface area (Å²) in [6.45, 7) is 4.76. The summed E-state index contributed by atoms with van der Waals surface area (Å²) >= 11 is 0. The number of carbonyl (C=O) groups excluding carboxylic acids is 2. The maximum Gasteiger partial charge on any atom is 0.295 e. The van der Waals surface area contributed by atoms with E-state index in [4.69, 9.17) is 4.74 Å². The molecule has 1 aliphatic heterocycles. The van der Waals surface area contributed by atoms with Crippen LogP contribution < -0.4 is 0 Å². The third-order valence-electron chi connectivity index (χ3n) is 4.60. The zero-order valence-electron chi connectivity index (χ0n) is 16.0. The molecule has 3 rings (SSSR count). The number of nitrogens with zero attached hydrogens (tertiary/aromatic N) is 2. The van der Waals surface area contributed by atoms with E-state index in [-0.39, 0.29) is 17.4 Å². The predicted molar refractivity (Wildman–Crippen MR) is 105 cm³/mol. The number of hydrogen-bond donors (Lipinski definition) is 1. The van der Waals surface area contributed by atoms with Crippen LogP contribution in [-0.2, 0) is 14.3 Å². The van der Waals surface area contributed by atoms with Crippen molar-refractivity contribution in [2.24, 2.45) is 0 Å². The summed E-state index contributed by atoms with van der Waals surface area (Å²) in [5.74, 6) is -1.46. The van der Waals surface area contributed by atoms with Crippen LogP contribution in [0.25, 0.3) is 5.76 Å². The predicted octanol–water partition coefficient (Wildman–Crippen LogP) is 3.32. The van der Waals surface area contributed by atoms with Gasteiger partial charge in [-0.25, -0.2) is 0 Å². The number of amides is 1. The molecule has 1 saturated heterocycles. The second-order valence-corrected chi connectivity index (χ2v) is 6.91. The van der Waals surface area contributed by atoms with E-state index < -0.39 is 17.7 Å². The summed E-state index contributed by atoms with van der Waals surface area (Å²) in [6.07, 6.45) is 3.77. The smallest absolute Gasteiger partial charge is 0.295 e. The van der Waals surface area contributed by atoms with E-state index in [1.807, 2.05) is 44.2 Å². The minimum atomic E-state index is -0.673. The third-order valence-corrected chi connectivity index (χ3v) is 4.60. The lowest BCUT2D eigenvalue weighted by Crippen LogP contribution is -2.31. The van der Waals surface area contributed by atoms with Gasteiger partial charge in [-0.05, 0) is 38.0 Å². The number of pyridine rings is 1. The molecule has 1 N–H and O–H groups in total. The Bertz CT molecular complexity index is 863. The molecule has 1 aromatic heterocycles. The average molecular weight is 380 g/mol. The summed E-state index contributed by atoms with van der Waals surface area (Å²) in [5, 5.41) is 10.8. The second kappa shape index (κ2) is 8.80. The van der Waals surface area contributed by atoms with Gasteiger partial charge in [-0.1, -0.05) is 30.3 Å². The molecule has 2 heterocycles. The van der Waals surface area contributed by atoms with E-state index in [0.717, 1.165) is 5.56 Å². The summed E-state index contributed by atoms with van der Waals surface area (Å²) in [6, 6.07) is 11.9. The fraction of sp³-hybridized carbons (Fsp3) is 0.318. The Morgan fingerprint density at radius 3 is 2.46 bits per heavy atom. The van der Waals surface area contributed by atoms with Crippen LogP contribution >= 0.6 is 0 Å². The Hall–Kier alpha value is -2.99. The Morgan fingerprint density at radius 1 is 1.14 bits per heavy atom. The monoisotopic (exact) mass is 380 g/mol. The third kappa shape index (κ3) is 4.12. The van der Waals surface area contributed by atoms with E-state index >= 15 is 0 Å². The minimum Gasteiger partial charge on any atom is -0.507 e. The zero-order chi connectivity index (χ0) is 20.1. The lowest BCUT2D eigenvalue weighted by Gasteiger charge is -2.25. The Kier molecular flexibility index (Phi) is 6.21. The van der Waals surface area contributed by atoms with E-state index in [1.54, 1.807) is 12.1 Å². The lowest BCUT2D eigenvalue weighted by molar-refractivity contribution is -0.140. The fourth-order valence-corrected chi connectivity index (χ4v) is 3.31. The number of Topliss-reactive ketones (excluding diaryl/α,β-unsaturated/α-hetero) is 1. The molecule has 1 aliphatic rings. The number of carbonyl (C=O) groups is 2. The van der Waals surface area contributed by atoms with Crippen molar-refractivity contribution < 1.29 is 19.4 Å². The molecular formula is C22H24N2O4. The van der Waals surface area contributed by atoms with Crippen LogP contribution in [0.2, 0.25) is 0 Å². The van der Waals surface area contributed by atoms with E-state index in [1.165, 1.54) is 17.3 Å². The number of benzene rings is 1. The van der Waals surface area contributed by atoms with Crippen molar-refractivity contribution in [1.29, 1.82) is 0 Å². The standard InChI is InChI=1S/C22H24N2O4/c1-15(2)28-14-6-13-24-19(16-7-4-3-5-8-16)18(21(26)22(24)27)20(25)17-9-11-23-12-10-17/h3-5,7-12,15,19,25H,6,13-14H2,1-2H3/b20-18-. The van der Waals surface area contributed by atoms with E-state index in [0.29, 0.717) is 25.1 Å². The fourth-order valence-electron chi connectivity index (χ4n) is 3.31. The van der Waals surface area contributed by atoms with Crippen molar-refractivity contribution in [1.82, 2.24) is 9.88 Å². The number of aliphatic hydroxyl groups is 1. The molecule has 1 fully saturated rings. The molecule has 1 aromatic carbocycles. The van der Waals surface area contributed by atoms with Gasteiger partial charge in [-0.15, -0.1) is 0 Å². The number of aromatic nitrogens is 1. The van der Waals surface area contributed by atoms with Crippen LogP contribution in [0.1, 0.15) is 37.4 Å². The Morgan fingerprint density at radius 2 is 1.82 bits per heavy atom. The quantitative estimate of drug-likeness (QED) is 0.345. The summed E-state index contributed by atoms with van der Waals surface area (Å²) in [7, 11) is 0. The van der Waals surface area contributed by atoms with E-state index in [9.17, 15) is 14.7 Å². The molecular weight excluding hydrogens is 356 g/mol. The van der Waals surface area contributed by atoms with Gasteiger partial charge in [-0.3, -0.25) is 14.6 Å². The van der Waals surface area contributed by atoms with Gasteiger partial charge in [0.1, 0.15) is 5.76 Å². The molecule has 1 amide bonds. The van der Waals surface area contributed by atoms with Gasteiger partial charge in [0.05, 0.1) is 17.7 Å². The zero-order valence-corrected chi connectivity index (χ0v) is 16.0. The topological polar surface area (TPSA) is 79.7 Å². The Balaban J connectivity index is 1.99. The number of ketones is 1. The van der Waals surface area contributed by atoms with Crippen molar-refractivity contribution in [3.05, 3.63) is 71.6 Å². The lowest BCUT2D eigenvalue weighted by atomic mass is 9.95. The molecule has 146 valence electrons. The number of ether oxygens (including phenoxy) is 1. The average Bonchev–Trinajstić information content (AvgIpc) is 2.96. The number of likely N-dealkylation sites (tertiary alicyclic amines) is 1. The van der Waals surface area contributed by atoms with Crippen LogP contribution in [0.4, 0.5) is 0 Å². The van der Waals surface area contributed by atoms with Crippen molar-refractivity contribution in [2.75, 3.05) is 13.2 Å². The molecule has 6 nitrogen and oxygen atoms in total. The molecule has 0 radical (unpaired) electrons. The summed E-state index contributed by atoms with van der Waals surface area (Å²) in [5.41, 5.74) is 1.34. The first-order chi connectivity index (χ1) is 13.5. The van der Waals surface area contributed by atoms with Gasteiger partial charge in [-0.2, -0.15) is 0 Å². The highest BCUT2D eigenvalue weighted by atomic mass is 16.5. The number of hydrogen-bond acceptors (Lipinski definition) is 5. The summed E-state index contributed by atoms with van der Waals surface area (Å²) in [4.78, 5) is 31.0. The van der Waals surface area contributed by atoms with Gasteiger partial charge < -0.3 is 14.7 Å². The van der Waals surface area contributed by atoms with Crippen molar-refractivity contribution >= 4 is 17.4 Å². The second-order valence-electron chi connectivity index (χ2n) is 6.91. The van der Waals surface area contributed by atoms with Crippen molar-refractivity contribution in [2.45, 2.75) is 32.4 Å². The first-order valence-electron chi connectivity index (χ1n) is 9.36. The van der Waals surface area contributed by atoms with Crippen LogP contribution in [-0.4, -0.2) is 45.9 Å². The maximum absolute atomic E-state index is 12.8. The van der Waals surface area contributed by atoms with Gasteiger partial charge in [0.2, 0.25) is 0 Å². The minimum absolute atomic E-state index is 0.104. The van der Waals surface area contributed by atoms with E-state index in [2.05, 4.69) is 4.98 Å². The molecule has 0 spiro atoms. The highest BCUT2D eigenvalue weighted by molar-refractivity contribution is 6.46. The van der Waals surface area contributed by atoms with Crippen molar-refractivity contribution in [3.8, 4) is 0 Å². The van der Waals surface area contributed by atoms with Crippen LogP contribution in [0.3, 0.4) is 0 Å². The Labute approximate surface area is 164 Å². The molecule has 2 aromatic rings. The normalized spacial score (nSPS) is 18.8. The molecule has 0 aliphatic carbocycles. The number of aliphatic hydroxyl groups excluding tert-OH is 1. The number of rotatable bonds is 7. The molecule has 6 heteroatoms. The first-order valence-corrected chi connectivity index (χ1v) is 9.36. The van der Waals surface area contributed by atoms with Gasteiger partial charge in [0.25, 0.3) is 11.7 Å². The van der Waals surface area contributed by atoms with Gasteiger partial charge in [0.15, 0.2) is 0 Å². The van der Waals surface area contributed by atoms with Crippen LogP contribution in [0.5, 0.6) is 0 Å².